The molecule has 1 aromatic heterocycles. The van der Waals surface area contributed by atoms with Gasteiger partial charge in [0.05, 0.1) is 0 Å². The summed E-state index contributed by atoms with van der Waals surface area (Å²) in [5.41, 5.74) is 1.18. The molecule has 0 bridgehead atoms. The molecule has 1 aromatic rings. The van der Waals surface area contributed by atoms with Crippen molar-refractivity contribution in [1.29, 1.82) is 0 Å². The molecule has 2 amide bonds. The second-order valence-corrected chi connectivity index (χ2v) is 5.79. The molecule has 1 N–H and O–H groups in total. The normalized spacial score (nSPS) is 14.7. The monoisotopic (exact) mass is 319 g/mol. The van der Waals surface area contributed by atoms with Crippen molar-refractivity contribution >= 4 is 18.3 Å². The summed E-state index contributed by atoms with van der Waals surface area (Å²) in [5.74, 6) is 0.411. The highest BCUT2D eigenvalue weighted by atomic mass is 16.2. The first-order chi connectivity index (χ1) is 11.1. The number of anilines is 1. The van der Waals surface area contributed by atoms with Gasteiger partial charge in [0.25, 0.3) is 5.91 Å². The van der Waals surface area contributed by atoms with Crippen LogP contribution in [0.5, 0.6) is 0 Å². The Labute approximate surface area is 137 Å². The summed E-state index contributed by atoms with van der Waals surface area (Å²) in [6.45, 7) is 7.05. The van der Waals surface area contributed by atoms with E-state index >= 15 is 0 Å². The zero-order chi connectivity index (χ0) is 16.7. The van der Waals surface area contributed by atoms with Gasteiger partial charge in [0.15, 0.2) is 0 Å². The van der Waals surface area contributed by atoms with Gasteiger partial charge in [-0.25, -0.2) is 9.97 Å². The number of nitrogens with zero attached hydrogens (tertiary/aromatic N) is 4. The highest BCUT2D eigenvalue weighted by Crippen LogP contribution is 2.10. The van der Waals surface area contributed by atoms with E-state index < -0.39 is 0 Å². The van der Waals surface area contributed by atoms with E-state index in [0.29, 0.717) is 37.8 Å². The third kappa shape index (κ3) is 4.91. The number of carbonyl (C=O) groups excluding carboxylic acids is 2. The van der Waals surface area contributed by atoms with Crippen molar-refractivity contribution in [3.8, 4) is 0 Å². The Kier molecular flexibility index (Phi) is 6.31. The quantitative estimate of drug-likeness (QED) is 0.605. The van der Waals surface area contributed by atoms with Crippen LogP contribution in [0.15, 0.2) is 6.07 Å². The fraction of sp³-hybridized carbons (Fsp3) is 0.625. The van der Waals surface area contributed by atoms with Crippen LogP contribution >= 0.6 is 0 Å². The van der Waals surface area contributed by atoms with Crippen molar-refractivity contribution in [2.75, 3.05) is 38.0 Å². The topological polar surface area (TPSA) is 78.4 Å². The lowest BCUT2D eigenvalue weighted by Crippen LogP contribution is -2.48. The third-order valence-electron chi connectivity index (χ3n) is 3.89. The van der Waals surface area contributed by atoms with Crippen LogP contribution in [0.2, 0.25) is 0 Å². The zero-order valence-corrected chi connectivity index (χ0v) is 13.9. The number of carbonyl (C=O) groups is 2. The summed E-state index contributed by atoms with van der Waals surface area (Å²) < 4.78 is 0. The van der Waals surface area contributed by atoms with E-state index in [-0.39, 0.29) is 5.91 Å². The van der Waals surface area contributed by atoms with Crippen molar-refractivity contribution in [3.63, 3.8) is 0 Å². The first-order valence-electron chi connectivity index (χ1n) is 8.22. The van der Waals surface area contributed by atoms with Gasteiger partial charge in [-0.05, 0) is 19.4 Å². The predicted octanol–water partition coefficient (Wildman–Crippen LogP) is 1.30. The van der Waals surface area contributed by atoms with Gasteiger partial charge in [0.2, 0.25) is 12.4 Å². The maximum atomic E-state index is 12.6. The van der Waals surface area contributed by atoms with E-state index in [1.54, 1.807) is 15.9 Å². The summed E-state index contributed by atoms with van der Waals surface area (Å²) in [6, 6.07) is 1.71. The fourth-order valence-corrected chi connectivity index (χ4v) is 2.52. The molecule has 0 atom stereocenters. The molecule has 23 heavy (non-hydrogen) atoms. The van der Waals surface area contributed by atoms with Crippen molar-refractivity contribution < 1.29 is 9.59 Å². The first-order valence-corrected chi connectivity index (χ1v) is 8.22. The molecule has 126 valence electrons. The van der Waals surface area contributed by atoms with Crippen LogP contribution in [0, 0.1) is 6.92 Å². The maximum Gasteiger partial charge on any atom is 0.272 e. The summed E-state index contributed by atoms with van der Waals surface area (Å²) in [4.78, 5) is 35.4. The van der Waals surface area contributed by atoms with Crippen LogP contribution in [-0.4, -0.2) is 64.8 Å². The zero-order valence-electron chi connectivity index (χ0n) is 13.9. The molecule has 0 aromatic carbocycles. The molecular formula is C16H25N5O2. The summed E-state index contributed by atoms with van der Waals surface area (Å²) in [6.07, 6.45) is 4.21. The number of amides is 2. The van der Waals surface area contributed by atoms with E-state index in [2.05, 4.69) is 22.2 Å². The molecular weight excluding hydrogens is 294 g/mol. The number of unbranched alkanes of at least 4 members (excludes halogenated alkanes) is 2. The fourth-order valence-electron chi connectivity index (χ4n) is 2.52. The lowest BCUT2D eigenvalue weighted by atomic mass is 10.2. The molecule has 0 unspecified atom stereocenters. The largest absolute Gasteiger partial charge is 0.354 e. The minimum atomic E-state index is -0.0994. The second-order valence-electron chi connectivity index (χ2n) is 5.79. The molecule has 1 aliphatic heterocycles. The lowest BCUT2D eigenvalue weighted by molar-refractivity contribution is -0.119. The molecule has 1 aliphatic rings. The molecule has 0 aliphatic carbocycles. The van der Waals surface area contributed by atoms with Crippen molar-refractivity contribution in [2.45, 2.75) is 33.1 Å². The minimum Gasteiger partial charge on any atom is -0.354 e. The number of piperazine rings is 1. The van der Waals surface area contributed by atoms with Crippen molar-refractivity contribution in [1.82, 2.24) is 19.8 Å². The van der Waals surface area contributed by atoms with Crippen LogP contribution in [-0.2, 0) is 4.79 Å². The van der Waals surface area contributed by atoms with E-state index in [9.17, 15) is 9.59 Å². The molecule has 7 nitrogen and oxygen atoms in total. The molecule has 1 saturated heterocycles. The standard InChI is InChI=1S/C16H25N5O2/c1-3-4-5-6-17-16-18-13(2)11-14(19-16)15(23)21-9-7-20(12-22)8-10-21/h11-12H,3-10H2,1-2H3,(H,17,18,19). The Balaban J connectivity index is 1.99. The van der Waals surface area contributed by atoms with Crippen LogP contribution < -0.4 is 5.32 Å². The van der Waals surface area contributed by atoms with Gasteiger partial charge >= 0.3 is 0 Å². The molecule has 7 heteroatoms. The number of aromatic nitrogens is 2. The van der Waals surface area contributed by atoms with Crippen LogP contribution in [0.3, 0.4) is 0 Å². The number of hydrogen-bond donors (Lipinski definition) is 1. The van der Waals surface area contributed by atoms with Gasteiger partial charge in [0.1, 0.15) is 5.69 Å². The Bertz CT molecular complexity index is 541. The molecule has 0 saturated carbocycles. The van der Waals surface area contributed by atoms with Gasteiger partial charge in [-0.3, -0.25) is 9.59 Å². The second kappa shape index (κ2) is 8.45. The number of aryl methyl sites for hydroxylation is 1. The van der Waals surface area contributed by atoms with Gasteiger partial charge in [-0.2, -0.15) is 0 Å². The van der Waals surface area contributed by atoms with Crippen molar-refractivity contribution in [2.24, 2.45) is 0 Å². The average molecular weight is 319 g/mol. The van der Waals surface area contributed by atoms with Gasteiger partial charge < -0.3 is 15.1 Å². The predicted molar refractivity (Wildman–Crippen MR) is 88.3 cm³/mol. The molecule has 2 heterocycles. The van der Waals surface area contributed by atoms with E-state index in [1.807, 2.05) is 6.92 Å². The van der Waals surface area contributed by atoms with Crippen molar-refractivity contribution in [3.05, 3.63) is 17.5 Å². The Hall–Kier alpha value is -2.18. The molecule has 2 rings (SSSR count). The summed E-state index contributed by atoms with van der Waals surface area (Å²) in [5, 5.41) is 3.19. The number of hydrogen-bond acceptors (Lipinski definition) is 5. The smallest absolute Gasteiger partial charge is 0.272 e. The lowest BCUT2D eigenvalue weighted by Gasteiger charge is -2.32. The average Bonchev–Trinajstić information content (AvgIpc) is 2.58. The number of nitrogens with one attached hydrogen (secondary N) is 1. The highest BCUT2D eigenvalue weighted by Gasteiger charge is 2.22. The molecule has 0 spiro atoms. The van der Waals surface area contributed by atoms with Crippen LogP contribution in [0.25, 0.3) is 0 Å². The minimum absolute atomic E-state index is 0.0994. The maximum absolute atomic E-state index is 12.6. The highest BCUT2D eigenvalue weighted by molar-refractivity contribution is 5.92. The van der Waals surface area contributed by atoms with Gasteiger partial charge in [0, 0.05) is 38.4 Å². The van der Waals surface area contributed by atoms with Gasteiger partial charge in [-0.1, -0.05) is 19.8 Å². The van der Waals surface area contributed by atoms with E-state index in [4.69, 9.17) is 0 Å². The SMILES string of the molecule is CCCCCNc1nc(C)cc(C(=O)N2CCN(C=O)CC2)n1. The van der Waals surface area contributed by atoms with Crippen LogP contribution in [0.4, 0.5) is 5.95 Å². The number of rotatable bonds is 7. The summed E-state index contributed by atoms with van der Waals surface area (Å²) >= 11 is 0. The summed E-state index contributed by atoms with van der Waals surface area (Å²) in [7, 11) is 0. The van der Waals surface area contributed by atoms with Crippen LogP contribution in [0.1, 0.15) is 42.4 Å². The Morgan fingerprint density at radius 2 is 2.00 bits per heavy atom. The van der Waals surface area contributed by atoms with E-state index in [1.165, 1.54) is 0 Å². The first kappa shape index (κ1) is 17.2. The molecule has 0 radical (unpaired) electrons. The molecule has 1 fully saturated rings. The third-order valence-corrected chi connectivity index (χ3v) is 3.89. The van der Waals surface area contributed by atoms with E-state index in [0.717, 1.165) is 37.9 Å². The Morgan fingerprint density at radius 3 is 2.65 bits per heavy atom. The Morgan fingerprint density at radius 1 is 1.26 bits per heavy atom. The van der Waals surface area contributed by atoms with Gasteiger partial charge in [-0.15, -0.1) is 0 Å².